The highest BCUT2D eigenvalue weighted by atomic mass is 16.5. The van der Waals surface area contributed by atoms with Crippen molar-refractivity contribution < 1.29 is 9.53 Å². The van der Waals surface area contributed by atoms with E-state index in [4.69, 9.17) is 4.74 Å². The molecule has 1 aliphatic carbocycles. The molecular formula is C23H30N4O2. The van der Waals surface area contributed by atoms with E-state index in [2.05, 4.69) is 20.4 Å². The quantitative estimate of drug-likeness (QED) is 0.729. The Hall–Kier alpha value is -2.31. The number of aromatic nitrogens is 2. The number of fused-ring (bicyclic) bond motifs is 1. The summed E-state index contributed by atoms with van der Waals surface area (Å²) < 4.78 is 5.58. The molecule has 1 fully saturated rings. The Balaban J connectivity index is 1.31. The molecule has 1 aliphatic heterocycles. The van der Waals surface area contributed by atoms with Crippen LogP contribution in [0, 0.1) is 0 Å². The lowest BCUT2D eigenvalue weighted by molar-refractivity contribution is -0.120. The third kappa shape index (κ3) is 5.40. The number of piperidine rings is 1. The average molecular weight is 395 g/mol. The second-order valence-electron chi connectivity index (χ2n) is 7.99. The van der Waals surface area contributed by atoms with Gasteiger partial charge in [-0.3, -0.25) is 4.79 Å². The van der Waals surface area contributed by atoms with Crippen LogP contribution in [0.25, 0.3) is 11.3 Å². The number of amides is 1. The number of hydrogen-bond donors (Lipinski definition) is 1. The van der Waals surface area contributed by atoms with Crippen molar-refractivity contribution in [3.8, 4) is 11.3 Å². The molecule has 0 spiro atoms. The zero-order valence-corrected chi connectivity index (χ0v) is 17.0. The molecule has 0 bridgehead atoms. The molecule has 6 heteroatoms. The maximum atomic E-state index is 12.3. The monoisotopic (exact) mass is 394 g/mol. The van der Waals surface area contributed by atoms with Gasteiger partial charge in [0.15, 0.2) is 0 Å². The fourth-order valence-corrected chi connectivity index (χ4v) is 4.27. The molecule has 2 heterocycles. The molecule has 1 amide bonds. The van der Waals surface area contributed by atoms with Crippen LogP contribution < -0.4 is 5.32 Å². The number of carbonyl (C=O) groups is 1. The Morgan fingerprint density at radius 2 is 1.97 bits per heavy atom. The van der Waals surface area contributed by atoms with Crippen molar-refractivity contribution >= 4 is 11.6 Å². The minimum Gasteiger partial charge on any atom is -0.370 e. The number of ether oxygens (including phenoxy) is 1. The normalized spacial score (nSPS) is 17.0. The fraction of sp³-hybridized carbons (Fsp3) is 0.522. The summed E-state index contributed by atoms with van der Waals surface area (Å²) in [5.41, 5.74) is 5.31. The third-order valence-corrected chi connectivity index (χ3v) is 5.82. The van der Waals surface area contributed by atoms with Crippen molar-refractivity contribution in [3.63, 3.8) is 0 Å². The first kappa shape index (κ1) is 20.0. The van der Waals surface area contributed by atoms with Gasteiger partial charge in [0, 0.05) is 17.8 Å². The predicted octanol–water partition coefficient (Wildman–Crippen LogP) is 3.46. The number of aryl methyl sites for hydroxylation is 1. The van der Waals surface area contributed by atoms with Crippen LogP contribution in [-0.2, 0) is 22.4 Å². The number of anilines is 1. The molecule has 0 radical (unpaired) electrons. The Kier molecular flexibility index (Phi) is 6.85. The Morgan fingerprint density at radius 1 is 1.10 bits per heavy atom. The van der Waals surface area contributed by atoms with Crippen LogP contribution in [0.3, 0.4) is 0 Å². The van der Waals surface area contributed by atoms with Crippen molar-refractivity contribution in [3.05, 3.63) is 41.6 Å². The highest BCUT2D eigenvalue weighted by molar-refractivity contribution is 5.92. The van der Waals surface area contributed by atoms with Crippen LogP contribution in [0.4, 0.5) is 5.69 Å². The molecule has 2 aliphatic rings. The molecule has 6 nitrogen and oxygen atoms in total. The van der Waals surface area contributed by atoms with Gasteiger partial charge in [-0.05, 0) is 74.9 Å². The SMILES string of the molecule is O=C(COCCN1CCCCC1)Nc1cccc(-c2nncc3c2CCCC3)c1. The number of hydrogen-bond acceptors (Lipinski definition) is 5. The van der Waals surface area contributed by atoms with Crippen LogP contribution in [0.2, 0.25) is 0 Å². The lowest BCUT2D eigenvalue weighted by Gasteiger charge is -2.26. The smallest absolute Gasteiger partial charge is 0.250 e. The second-order valence-corrected chi connectivity index (χ2v) is 7.99. The topological polar surface area (TPSA) is 67.3 Å². The second kappa shape index (κ2) is 9.94. The van der Waals surface area contributed by atoms with Crippen LogP contribution >= 0.6 is 0 Å². The number of benzene rings is 1. The number of carbonyl (C=O) groups excluding carboxylic acids is 1. The largest absolute Gasteiger partial charge is 0.370 e. The summed E-state index contributed by atoms with van der Waals surface area (Å²) >= 11 is 0. The van der Waals surface area contributed by atoms with E-state index in [0.717, 1.165) is 49.4 Å². The van der Waals surface area contributed by atoms with Gasteiger partial charge in [0.2, 0.25) is 5.91 Å². The van der Waals surface area contributed by atoms with Gasteiger partial charge in [0.25, 0.3) is 0 Å². The molecular weight excluding hydrogens is 364 g/mol. The van der Waals surface area contributed by atoms with Gasteiger partial charge in [-0.2, -0.15) is 10.2 Å². The summed E-state index contributed by atoms with van der Waals surface area (Å²) in [7, 11) is 0. The van der Waals surface area contributed by atoms with Gasteiger partial charge in [-0.25, -0.2) is 0 Å². The Morgan fingerprint density at radius 3 is 2.86 bits per heavy atom. The third-order valence-electron chi connectivity index (χ3n) is 5.82. The summed E-state index contributed by atoms with van der Waals surface area (Å²) in [5.74, 6) is -0.123. The van der Waals surface area contributed by atoms with Crippen LogP contribution in [0.1, 0.15) is 43.2 Å². The van der Waals surface area contributed by atoms with E-state index in [1.807, 2.05) is 30.5 Å². The highest BCUT2D eigenvalue weighted by Crippen LogP contribution is 2.30. The molecule has 2 aromatic rings. The lowest BCUT2D eigenvalue weighted by Crippen LogP contribution is -2.33. The van der Waals surface area contributed by atoms with Crippen molar-refractivity contribution in [2.45, 2.75) is 44.9 Å². The zero-order valence-electron chi connectivity index (χ0n) is 17.0. The molecule has 1 saturated heterocycles. The van der Waals surface area contributed by atoms with Crippen molar-refractivity contribution in [2.24, 2.45) is 0 Å². The molecule has 0 saturated carbocycles. The van der Waals surface area contributed by atoms with Crippen molar-refractivity contribution in [2.75, 3.05) is 38.2 Å². The van der Waals surface area contributed by atoms with E-state index in [0.29, 0.717) is 6.61 Å². The number of nitrogens with one attached hydrogen (secondary N) is 1. The van der Waals surface area contributed by atoms with Gasteiger partial charge in [0.05, 0.1) is 18.5 Å². The van der Waals surface area contributed by atoms with E-state index >= 15 is 0 Å². The van der Waals surface area contributed by atoms with E-state index in [-0.39, 0.29) is 12.5 Å². The zero-order chi connectivity index (χ0) is 19.9. The lowest BCUT2D eigenvalue weighted by atomic mass is 9.90. The average Bonchev–Trinajstić information content (AvgIpc) is 2.77. The molecule has 1 N–H and O–H groups in total. The molecule has 0 unspecified atom stereocenters. The number of nitrogens with zero attached hydrogens (tertiary/aromatic N) is 3. The maximum Gasteiger partial charge on any atom is 0.250 e. The standard InChI is InChI=1S/C23H30N4O2/c28-22(17-29-14-13-27-11-4-1-5-12-27)25-20-9-6-8-18(15-20)23-21-10-3-2-7-19(21)16-24-26-23/h6,8-9,15-16H,1-5,7,10-14,17H2,(H,25,28). The molecule has 154 valence electrons. The first-order chi connectivity index (χ1) is 14.3. The number of likely N-dealkylation sites (tertiary alicyclic amines) is 1. The Bertz CT molecular complexity index is 833. The molecule has 1 aromatic heterocycles. The van der Waals surface area contributed by atoms with Gasteiger partial charge in [-0.15, -0.1) is 0 Å². The summed E-state index contributed by atoms with van der Waals surface area (Å²) in [6.07, 6.45) is 10.3. The van der Waals surface area contributed by atoms with Crippen LogP contribution in [-0.4, -0.2) is 53.9 Å². The fourth-order valence-electron chi connectivity index (χ4n) is 4.27. The minimum atomic E-state index is -0.123. The van der Waals surface area contributed by atoms with Crippen molar-refractivity contribution in [1.29, 1.82) is 0 Å². The van der Waals surface area contributed by atoms with E-state index in [1.165, 1.54) is 43.2 Å². The van der Waals surface area contributed by atoms with Gasteiger partial charge in [0.1, 0.15) is 6.61 Å². The summed E-state index contributed by atoms with van der Waals surface area (Å²) in [4.78, 5) is 14.7. The van der Waals surface area contributed by atoms with Gasteiger partial charge < -0.3 is 15.0 Å². The molecule has 1 aromatic carbocycles. The molecule has 29 heavy (non-hydrogen) atoms. The highest BCUT2D eigenvalue weighted by Gasteiger charge is 2.16. The first-order valence-electron chi connectivity index (χ1n) is 10.8. The Labute approximate surface area is 172 Å². The summed E-state index contributed by atoms with van der Waals surface area (Å²) in [5, 5.41) is 11.5. The predicted molar refractivity (Wildman–Crippen MR) is 114 cm³/mol. The summed E-state index contributed by atoms with van der Waals surface area (Å²) in [6, 6.07) is 7.86. The van der Waals surface area contributed by atoms with Crippen LogP contribution in [0.15, 0.2) is 30.5 Å². The number of rotatable bonds is 7. The van der Waals surface area contributed by atoms with Crippen molar-refractivity contribution in [1.82, 2.24) is 15.1 Å². The van der Waals surface area contributed by atoms with E-state index < -0.39 is 0 Å². The van der Waals surface area contributed by atoms with E-state index in [1.54, 1.807) is 0 Å². The minimum absolute atomic E-state index is 0.0820. The summed E-state index contributed by atoms with van der Waals surface area (Å²) in [6.45, 7) is 3.88. The van der Waals surface area contributed by atoms with E-state index in [9.17, 15) is 4.79 Å². The van der Waals surface area contributed by atoms with Crippen LogP contribution in [0.5, 0.6) is 0 Å². The molecule has 4 rings (SSSR count). The van der Waals surface area contributed by atoms with Gasteiger partial charge >= 0.3 is 0 Å². The maximum absolute atomic E-state index is 12.3. The first-order valence-corrected chi connectivity index (χ1v) is 10.8. The molecule has 0 atom stereocenters. The van der Waals surface area contributed by atoms with Gasteiger partial charge in [-0.1, -0.05) is 18.6 Å².